The molecule has 0 aromatic heterocycles. The number of nitrogens with zero attached hydrogens (tertiary/aromatic N) is 1. The van der Waals surface area contributed by atoms with Crippen molar-refractivity contribution in [1.29, 1.82) is 0 Å². The lowest BCUT2D eigenvalue weighted by atomic mass is 9.90. The van der Waals surface area contributed by atoms with E-state index in [-0.39, 0.29) is 17.4 Å². The maximum atomic E-state index is 11.1. The lowest BCUT2D eigenvalue weighted by molar-refractivity contribution is -0.481. The van der Waals surface area contributed by atoms with Crippen LogP contribution in [0.2, 0.25) is 0 Å². The zero-order chi connectivity index (χ0) is 16.2. The highest BCUT2D eigenvalue weighted by Crippen LogP contribution is 2.29. The van der Waals surface area contributed by atoms with Gasteiger partial charge in [-0.2, -0.15) is 0 Å². The van der Waals surface area contributed by atoms with E-state index < -0.39 is 0 Å². The Balaban J connectivity index is 2.03. The van der Waals surface area contributed by atoms with Crippen LogP contribution in [0.3, 0.4) is 0 Å². The minimum atomic E-state index is -0.277. The van der Waals surface area contributed by atoms with E-state index in [4.69, 9.17) is 4.74 Å². The standard InChI is InChI=1S/C19H17NO3/c1-23-18-10-8-15(9-11-18)19(13-20(21)22)17-7-6-14-4-2-3-5-16(14)12-17/h2-12,19H,13H2,1H3. The van der Waals surface area contributed by atoms with Crippen LogP contribution in [0, 0.1) is 10.1 Å². The van der Waals surface area contributed by atoms with Crippen LogP contribution in [-0.4, -0.2) is 18.6 Å². The number of ether oxygens (including phenoxy) is 1. The molecular formula is C19H17NO3. The monoisotopic (exact) mass is 307 g/mol. The lowest BCUT2D eigenvalue weighted by Gasteiger charge is -2.15. The van der Waals surface area contributed by atoms with Gasteiger partial charge in [-0.25, -0.2) is 0 Å². The van der Waals surface area contributed by atoms with Crippen molar-refractivity contribution >= 4 is 10.8 Å². The summed E-state index contributed by atoms with van der Waals surface area (Å²) in [5, 5.41) is 13.3. The Morgan fingerprint density at radius 3 is 2.26 bits per heavy atom. The van der Waals surface area contributed by atoms with Gasteiger partial charge in [-0.05, 0) is 34.0 Å². The van der Waals surface area contributed by atoms with Crippen molar-refractivity contribution in [3.05, 3.63) is 88.0 Å². The Kier molecular flexibility index (Phi) is 4.24. The van der Waals surface area contributed by atoms with Crippen molar-refractivity contribution < 1.29 is 9.66 Å². The first-order valence-corrected chi connectivity index (χ1v) is 7.42. The largest absolute Gasteiger partial charge is 0.497 e. The molecule has 0 saturated carbocycles. The summed E-state index contributed by atoms with van der Waals surface area (Å²) in [5.41, 5.74) is 1.86. The number of rotatable bonds is 5. The second-order valence-corrected chi connectivity index (χ2v) is 5.45. The highest BCUT2D eigenvalue weighted by atomic mass is 16.6. The van der Waals surface area contributed by atoms with Crippen molar-refractivity contribution in [3.8, 4) is 5.75 Å². The lowest BCUT2D eigenvalue weighted by Crippen LogP contribution is -2.14. The molecule has 0 aliphatic rings. The molecule has 3 rings (SSSR count). The molecule has 116 valence electrons. The Morgan fingerprint density at radius 2 is 1.61 bits per heavy atom. The molecule has 1 unspecified atom stereocenters. The van der Waals surface area contributed by atoms with Crippen LogP contribution in [0.1, 0.15) is 17.0 Å². The molecule has 0 bridgehead atoms. The summed E-state index contributed by atoms with van der Waals surface area (Å²) < 4.78 is 5.16. The van der Waals surface area contributed by atoms with Crippen molar-refractivity contribution in [2.45, 2.75) is 5.92 Å². The zero-order valence-electron chi connectivity index (χ0n) is 12.8. The molecule has 23 heavy (non-hydrogen) atoms. The smallest absolute Gasteiger partial charge is 0.214 e. The van der Waals surface area contributed by atoms with E-state index in [1.807, 2.05) is 66.7 Å². The molecule has 0 heterocycles. The van der Waals surface area contributed by atoms with Gasteiger partial charge in [-0.15, -0.1) is 0 Å². The molecule has 0 saturated heterocycles. The van der Waals surface area contributed by atoms with E-state index in [9.17, 15) is 10.1 Å². The Hall–Kier alpha value is -2.88. The molecule has 0 spiro atoms. The summed E-state index contributed by atoms with van der Waals surface area (Å²) in [6, 6.07) is 21.5. The number of fused-ring (bicyclic) bond motifs is 1. The van der Waals surface area contributed by atoms with Gasteiger partial charge in [0.25, 0.3) is 0 Å². The SMILES string of the molecule is COc1ccc(C(C[N+](=O)[O-])c2ccc3ccccc3c2)cc1. The van der Waals surface area contributed by atoms with E-state index in [1.54, 1.807) is 7.11 Å². The normalized spacial score (nSPS) is 12.0. The molecule has 3 aromatic rings. The third-order valence-electron chi connectivity index (χ3n) is 4.03. The fourth-order valence-corrected chi connectivity index (χ4v) is 2.81. The fraction of sp³-hybridized carbons (Fsp3) is 0.158. The van der Waals surface area contributed by atoms with Gasteiger partial charge in [0.1, 0.15) is 5.75 Å². The van der Waals surface area contributed by atoms with Gasteiger partial charge in [0.15, 0.2) is 0 Å². The topological polar surface area (TPSA) is 52.4 Å². The first kappa shape index (κ1) is 15.0. The van der Waals surface area contributed by atoms with Gasteiger partial charge in [0.05, 0.1) is 13.0 Å². The first-order valence-electron chi connectivity index (χ1n) is 7.42. The molecule has 3 aromatic carbocycles. The molecule has 0 amide bonds. The Bertz CT molecular complexity index is 827. The third-order valence-corrected chi connectivity index (χ3v) is 4.03. The maximum absolute atomic E-state index is 11.1. The van der Waals surface area contributed by atoms with Gasteiger partial charge in [0, 0.05) is 4.92 Å². The van der Waals surface area contributed by atoms with Crippen LogP contribution in [-0.2, 0) is 0 Å². The third kappa shape index (κ3) is 3.31. The molecule has 1 atom stereocenters. The van der Waals surface area contributed by atoms with Gasteiger partial charge < -0.3 is 4.74 Å². The second kappa shape index (κ2) is 6.48. The van der Waals surface area contributed by atoms with E-state index in [1.165, 1.54) is 0 Å². The molecule has 0 radical (unpaired) electrons. The van der Waals surface area contributed by atoms with Crippen LogP contribution < -0.4 is 4.74 Å². The molecule has 4 nitrogen and oxygen atoms in total. The predicted molar refractivity (Wildman–Crippen MR) is 90.6 cm³/mol. The Morgan fingerprint density at radius 1 is 0.957 bits per heavy atom. The highest BCUT2D eigenvalue weighted by Gasteiger charge is 2.20. The minimum absolute atomic E-state index is 0.134. The van der Waals surface area contributed by atoms with Crippen molar-refractivity contribution in [2.75, 3.05) is 13.7 Å². The summed E-state index contributed by atoms with van der Waals surface area (Å²) >= 11 is 0. The summed E-state index contributed by atoms with van der Waals surface area (Å²) in [6.07, 6.45) is 0. The summed E-state index contributed by atoms with van der Waals surface area (Å²) in [5.74, 6) is 0.465. The van der Waals surface area contributed by atoms with Gasteiger partial charge in [0.2, 0.25) is 6.54 Å². The van der Waals surface area contributed by atoms with Crippen LogP contribution in [0.5, 0.6) is 5.75 Å². The van der Waals surface area contributed by atoms with E-state index in [0.29, 0.717) is 0 Å². The van der Waals surface area contributed by atoms with Crippen LogP contribution in [0.25, 0.3) is 10.8 Å². The number of benzene rings is 3. The predicted octanol–water partition coefficient (Wildman–Crippen LogP) is 4.26. The van der Waals surface area contributed by atoms with E-state index in [0.717, 1.165) is 27.6 Å². The molecule has 0 N–H and O–H groups in total. The molecule has 4 heteroatoms. The number of nitro groups is 1. The number of hydrogen-bond acceptors (Lipinski definition) is 3. The molecular weight excluding hydrogens is 290 g/mol. The molecule has 0 aliphatic heterocycles. The molecule has 0 fully saturated rings. The summed E-state index contributed by atoms with van der Waals surface area (Å²) in [6.45, 7) is -0.134. The average molecular weight is 307 g/mol. The van der Waals surface area contributed by atoms with Crippen molar-refractivity contribution in [1.82, 2.24) is 0 Å². The van der Waals surface area contributed by atoms with Crippen molar-refractivity contribution in [2.24, 2.45) is 0 Å². The van der Waals surface area contributed by atoms with Crippen molar-refractivity contribution in [3.63, 3.8) is 0 Å². The quantitative estimate of drug-likeness (QED) is 0.523. The average Bonchev–Trinajstić information content (AvgIpc) is 2.59. The van der Waals surface area contributed by atoms with Gasteiger partial charge >= 0.3 is 0 Å². The van der Waals surface area contributed by atoms with Gasteiger partial charge in [-0.3, -0.25) is 10.1 Å². The molecule has 0 aliphatic carbocycles. The summed E-state index contributed by atoms with van der Waals surface area (Å²) in [4.78, 5) is 10.9. The van der Waals surface area contributed by atoms with E-state index in [2.05, 4.69) is 0 Å². The summed E-state index contributed by atoms with van der Waals surface area (Å²) in [7, 11) is 1.60. The minimum Gasteiger partial charge on any atom is -0.497 e. The van der Waals surface area contributed by atoms with Gasteiger partial charge in [-0.1, -0.05) is 54.6 Å². The van der Waals surface area contributed by atoms with E-state index >= 15 is 0 Å². The Labute approximate surface area is 134 Å². The zero-order valence-corrected chi connectivity index (χ0v) is 12.8. The highest BCUT2D eigenvalue weighted by molar-refractivity contribution is 5.83. The van der Waals surface area contributed by atoms with Crippen LogP contribution in [0.4, 0.5) is 0 Å². The maximum Gasteiger partial charge on any atom is 0.214 e. The first-order chi connectivity index (χ1) is 11.2. The second-order valence-electron chi connectivity index (χ2n) is 5.45. The number of hydrogen-bond donors (Lipinski definition) is 0. The number of methoxy groups -OCH3 is 1. The fourth-order valence-electron chi connectivity index (χ4n) is 2.81. The van der Waals surface area contributed by atoms with Crippen LogP contribution in [0.15, 0.2) is 66.7 Å². The van der Waals surface area contributed by atoms with Crippen LogP contribution >= 0.6 is 0 Å².